The molecule has 0 aliphatic carbocycles. The van der Waals surface area contributed by atoms with Gasteiger partial charge in [0.05, 0.1) is 6.61 Å². The number of nitrogens with zero attached hydrogens (tertiary/aromatic N) is 1. The number of carbonyl (C=O) groups is 2. The highest BCUT2D eigenvalue weighted by molar-refractivity contribution is 5.94. The van der Waals surface area contributed by atoms with Gasteiger partial charge in [0.1, 0.15) is 5.75 Å². The second-order valence-corrected chi connectivity index (χ2v) is 8.00. The summed E-state index contributed by atoms with van der Waals surface area (Å²) in [6.45, 7) is 6.55. The van der Waals surface area contributed by atoms with Crippen LogP contribution in [0.25, 0.3) is 0 Å². The predicted octanol–water partition coefficient (Wildman–Crippen LogP) is 3.89. The van der Waals surface area contributed by atoms with Gasteiger partial charge >= 0.3 is 0 Å². The molecule has 0 saturated carbocycles. The first kappa shape index (κ1) is 20.9. The maximum Gasteiger partial charge on any atom is 0.253 e. The molecule has 0 spiro atoms. The van der Waals surface area contributed by atoms with Gasteiger partial charge in [-0.25, -0.2) is 0 Å². The number of benzene rings is 2. The predicted molar refractivity (Wildman–Crippen MR) is 114 cm³/mol. The van der Waals surface area contributed by atoms with Gasteiger partial charge in [-0.05, 0) is 42.5 Å². The van der Waals surface area contributed by atoms with Crippen molar-refractivity contribution in [3.8, 4) is 5.75 Å². The first-order valence-electron chi connectivity index (χ1n) is 10.4. The van der Waals surface area contributed by atoms with Gasteiger partial charge in [-0.15, -0.1) is 0 Å². The lowest BCUT2D eigenvalue weighted by molar-refractivity contribution is -0.126. The molecule has 1 heterocycles. The van der Waals surface area contributed by atoms with Crippen LogP contribution in [0.5, 0.6) is 5.75 Å². The summed E-state index contributed by atoms with van der Waals surface area (Å²) in [4.78, 5) is 27.1. The van der Waals surface area contributed by atoms with E-state index in [1.807, 2.05) is 59.5 Å². The smallest absolute Gasteiger partial charge is 0.253 e. The van der Waals surface area contributed by atoms with Crippen molar-refractivity contribution in [3.63, 3.8) is 0 Å². The summed E-state index contributed by atoms with van der Waals surface area (Å²) < 4.78 is 5.73. The van der Waals surface area contributed by atoms with Gasteiger partial charge in [0.15, 0.2) is 0 Å². The van der Waals surface area contributed by atoms with E-state index in [-0.39, 0.29) is 17.7 Å². The zero-order valence-electron chi connectivity index (χ0n) is 17.3. The summed E-state index contributed by atoms with van der Waals surface area (Å²) in [5, 5.41) is 3.02. The van der Waals surface area contributed by atoms with Crippen molar-refractivity contribution in [2.24, 2.45) is 11.8 Å². The number of piperidine rings is 1. The molecule has 1 N–H and O–H groups in total. The number of hydrogen-bond donors (Lipinski definition) is 1. The maximum atomic E-state index is 12.8. The van der Waals surface area contributed by atoms with Crippen LogP contribution in [0.2, 0.25) is 0 Å². The lowest BCUT2D eigenvalue weighted by Crippen LogP contribution is -2.42. The van der Waals surface area contributed by atoms with Gasteiger partial charge < -0.3 is 15.0 Å². The van der Waals surface area contributed by atoms with Gasteiger partial charge in [0.2, 0.25) is 5.91 Å². The molecular weight excluding hydrogens is 364 g/mol. The molecule has 29 heavy (non-hydrogen) atoms. The summed E-state index contributed by atoms with van der Waals surface area (Å²) in [7, 11) is 0. The molecule has 154 valence electrons. The Labute approximate surface area is 173 Å². The minimum absolute atomic E-state index is 0.00291. The number of hydrogen-bond acceptors (Lipinski definition) is 3. The van der Waals surface area contributed by atoms with E-state index in [9.17, 15) is 9.59 Å². The molecule has 0 unspecified atom stereocenters. The summed E-state index contributed by atoms with van der Waals surface area (Å²) >= 11 is 0. The molecular formula is C24H30N2O3. The van der Waals surface area contributed by atoms with Crippen LogP contribution < -0.4 is 10.1 Å². The lowest BCUT2D eigenvalue weighted by atomic mass is 9.95. The molecule has 0 aromatic heterocycles. The monoisotopic (exact) mass is 394 g/mol. The van der Waals surface area contributed by atoms with Crippen molar-refractivity contribution in [2.75, 3.05) is 19.7 Å². The van der Waals surface area contributed by atoms with E-state index in [1.54, 1.807) is 0 Å². The van der Waals surface area contributed by atoms with E-state index in [4.69, 9.17) is 4.74 Å². The van der Waals surface area contributed by atoms with E-state index < -0.39 is 0 Å². The maximum absolute atomic E-state index is 12.8. The zero-order valence-corrected chi connectivity index (χ0v) is 17.3. The molecule has 0 atom stereocenters. The van der Waals surface area contributed by atoms with E-state index in [2.05, 4.69) is 19.2 Å². The van der Waals surface area contributed by atoms with Gasteiger partial charge in [0, 0.05) is 31.1 Å². The van der Waals surface area contributed by atoms with Crippen LogP contribution in [0.1, 0.15) is 42.6 Å². The van der Waals surface area contributed by atoms with Crippen LogP contribution in [0, 0.1) is 11.8 Å². The molecule has 5 nitrogen and oxygen atoms in total. The van der Waals surface area contributed by atoms with Crippen LogP contribution in [-0.2, 0) is 11.3 Å². The van der Waals surface area contributed by atoms with Crippen LogP contribution in [0.4, 0.5) is 0 Å². The average molecular weight is 395 g/mol. The minimum Gasteiger partial charge on any atom is -0.493 e. The highest BCUT2D eigenvalue weighted by Gasteiger charge is 2.27. The van der Waals surface area contributed by atoms with E-state index in [1.165, 1.54) is 0 Å². The Morgan fingerprint density at radius 2 is 1.79 bits per heavy atom. The Balaban J connectivity index is 1.49. The Bertz CT molecular complexity index is 812. The van der Waals surface area contributed by atoms with E-state index in [0.29, 0.717) is 50.6 Å². The Hall–Kier alpha value is -2.82. The largest absolute Gasteiger partial charge is 0.493 e. The normalized spacial score (nSPS) is 14.7. The third-order valence-corrected chi connectivity index (χ3v) is 5.13. The first-order chi connectivity index (χ1) is 14.0. The molecule has 2 aromatic carbocycles. The van der Waals surface area contributed by atoms with E-state index >= 15 is 0 Å². The fraction of sp³-hybridized carbons (Fsp3) is 0.417. The molecule has 0 radical (unpaired) electrons. The topological polar surface area (TPSA) is 58.6 Å². The SMILES string of the molecule is CC(C)COc1cccc(C(=O)N2CCC(C(=O)NCc3ccccc3)CC2)c1. The number of nitrogens with one attached hydrogen (secondary N) is 1. The van der Waals surface area contributed by atoms with Crippen molar-refractivity contribution < 1.29 is 14.3 Å². The number of likely N-dealkylation sites (tertiary alicyclic amines) is 1. The fourth-order valence-electron chi connectivity index (χ4n) is 3.44. The first-order valence-corrected chi connectivity index (χ1v) is 10.4. The standard InChI is InChI=1S/C24H30N2O3/c1-18(2)17-29-22-10-6-9-21(15-22)24(28)26-13-11-20(12-14-26)23(27)25-16-19-7-4-3-5-8-19/h3-10,15,18,20H,11-14,16-17H2,1-2H3,(H,25,27). The summed E-state index contributed by atoms with van der Waals surface area (Å²) in [6.07, 6.45) is 1.38. The van der Waals surface area contributed by atoms with Gasteiger partial charge in [-0.2, -0.15) is 0 Å². The molecule has 1 fully saturated rings. The van der Waals surface area contributed by atoms with Crippen LogP contribution in [0.3, 0.4) is 0 Å². The fourth-order valence-corrected chi connectivity index (χ4v) is 3.44. The van der Waals surface area contributed by atoms with Gasteiger partial charge in [-0.1, -0.05) is 50.2 Å². The van der Waals surface area contributed by atoms with Gasteiger partial charge in [0.25, 0.3) is 5.91 Å². The van der Waals surface area contributed by atoms with Crippen molar-refractivity contribution in [1.29, 1.82) is 0 Å². The van der Waals surface area contributed by atoms with Crippen molar-refractivity contribution in [3.05, 3.63) is 65.7 Å². The molecule has 0 bridgehead atoms. The Kier molecular flexibility index (Phi) is 7.28. The number of ether oxygens (including phenoxy) is 1. The Morgan fingerprint density at radius 1 is 1.07 bits per heavy atom. The summed E-state index contributed by atoms with van der Waals surface area (Å²) in [6, 6.07) is 17.3. The summed E-state index contributed by atoms with van der Waals surface area (Å²) in [5.74, 6) is 1.19. The van der Waals surface area contributed by atoms with Crippen LogP contribution >= 0.6 is 0 Å². The Morgan fingerprint density at radius 3 is 2.48 bits per heavy atom. The quantitative estimate of drug-likeness (QED) is 0.775. The number of carbonyl (C=O) groups excluding carboxylic acids is 2. The van der Waals surface area contributed by atoms with Crippen LogP contribution in [0.15, 0.2) is 54.6 Å². The molecule has 2 aromatic rings. The second-order valence-electron chi connectivity index (χ2n) is 8.00. The molecule has 2 amide bonds. The zero-order chi connectivity index (χ0) is 20.6. The molecule has 1 saturated heterocycles. The van der Waals surface area contributed by atoms with Crippen molar-refractivity contribution in [1.82, 2.24) is 10.2 Å². The molecule has 1 aliphatic heterocycles. The third-order valence-electron chi connectivity index (χ3n) is 5.13. The van der Waals surface area contributed by atoms with Gasteiger partial charge in [-0.3, -0.25) is 9.59 Å². The number of amides is 2. The third kappa shape index (κ3) is 6.08. The molecule has 1 aliphatic rings. The minimum atomic E-state index is -0.0385. The van der Waals surface area contributed by atoms with Crippen molar-refractivity contribution in [2.45, 2.75) is 33.2 Å². The highest BCUT2D eigenvalue weighted by atomic mass is 16.5. The highest BCUT2D eigenvalue weighted by Crippen LogP contribution is 2.21. The van der Waals surface area contributed by atoms with E-state index in [0.717, 1.165) is 11.3 Å². The lowest BCUT2D eigenvalue weighted by Gasteiger charge is -2.31. The second kappa shape index (κ2) is 10.1. The molecule has 3 rings (SSSR count). The number of rotatable bonds is 7. The van der Waals surface area contributed by atoms with Crippen molar-refractivity contribution >= 4 is 11.8 Å². The molecule has 5 heteroatoms. The van der Waals surface area contributed by atoms with Crippen LogP contribution in [-0.4, -0.2) is 36.4 Å². The summed E-state index contributed by atoms with van der Waals surface area (Å²) in [5.41, 5.74) is 1.73. The average Bonchev–Trinajstić information content (AvgIpc) is 2.76.